The molecule has 0 unspecified atom stereocenters. The predicted octanol–water partition coefficient (Wildman–Crippen LogP) is 2.81. The van der Waals surface area contributed by atoms with Gasteiger partial charge in [0, 0.05) is 12.2 Å². The van der Waals surface area contributed by atoms with E-state index in [1.54, 1.807) is 7.11 Å². The highest BCUT2D eigenvalue weighted by atomic mass is 16.5. The number of rotatable bonds is 5. The Kier molecular flexibility index (Phi) is 4.00. The molecule has 0 heterocycles. The van der Waals surface area contributed by atoms with Crippen LogP contribution in [0.4, 0.5) is 5.69 Å². The van der Waals surface area contributed by atoms with Gasteiger partial charge in [0.15, 0.2) is 0 Å². The quantitative estimate of drug-likeness (QED) is 0.772. The van der Waals surface area contributed by atoms with Gasteiger partial charge in [-0.2, -0.15) is 0 Å². The first-order valence-corrected chi connectivity index (χ1v) is 5.55. The summed E-state index contributed by atoms with van der Waals surface area (Å²) in [6.07, 6.45) is 0. The van der Waals surface area contributed by atoms with Crippen LogP contribution in [0.1, 0.15) is 5.56 Å². The third-order valence-corrected chi connectivity index (χ3v) is 2.46. The third kappa shape index (κ3) is 3.50. The van der Waals surface area contributed by atoms with Gasteiger partial charge in [-0.15, -0.1) is 0 Å². The molecule has 0 saturated carbocycles. The van der Waals surface area contributed by atoms with Crippen molar-refractivity contribution < 1.29 is 4.74 Å². The first-order valence-electron chi connectivity index (χ1n) is 5.55. The molecular formula is C14H16N2O. The number of methoxy groups -OCH3 is 1. The lowest BCUT2D eigenvalue weighted by Crippen LogP contribution is -2.20. The Labute approximate surface area is 101 Å². The maximum absolute atomic E-state index is 5.09. The summed E-state index contributed by atoms with van der Waals surface area (Å²) in [6, 6.07) is 18.0. The molecule has 0 radical (unpaired) electrons. The molecule has 0 aliphatic carbocycles. The van der Waals surface area contributed by atoms with Crippen LogP contribution in [0.5, 0.6) is 5.75 Å². The Hall–Kier alpha value is -2.00. The average molecular weight is 228 g/mol. The lowest BCUT2D eigenvalue weighted by molar-refractivity contribution is 0.415. The molecule has 0 spiro atoms. The fourth-order valence-electron chi connectivity index (χ4n) is 1.52. The molecule has 2 aromatic carbocycles. The summed E-state index contributed by atoms with van der Waals surface area (Å²) in [6.45, 7) is 0.785. The minimum absolute atomic E-state index is 0.785. The molecule has 2 N–H and O–H groups in total. The largest absolute Gasteiger partial charge is 0.497 e. The summed E-state index contributed by atoms with van der Waals surface area (Å²) in [7, 11) is 1.66. The second-order valence-corrected chi connectivity index (χ2v) is 3.69. The highest BCUT2D eigenvalue weighted by Crippen LogP contribution is 2.14. The molecule has 0 aliphatic heterocycles. The Balaban J connectivity index is 1.82. The fourth-order valence-corrected chi connectivity index (χ4v) is 1.52. The van der Waals surface area contributed by atoms with Gasteiger partial charge in [0.05, 0.1) is 7.11 Å². The van der Waals surface area contributed by atoms with Gasteiger partial charge in [0.2, 0.25) is 0 Å². The van der Waals surface area contributed by atoms with Crippen LogP contribution in [0.15, 0.2) is 54.6 Å². The zero-order chi connectivity index (χ0) is 11.9. The van der Waals surface area contributed by atoms with E-state index >= 15 is 0 Å². The predicted molar refractivity (Wildman–Crippen MR) is 69.9 cm³/mol. The maximum atomic E-state index is 5.09. The van der Waals surface area contributed by atoms with E-state index in [1.165, 1.54) is 5.56 Å². The van der Waals surface area contributed by atoms with Gasteiger partial charge in [-0.3, -0.25) is 0 Å². The molecule has 3 nitrogen and oxygen atoms in total. The van der Waals surface area contributed by atoms with Crippen molar-refractivity contribution >= 4 is 5.69 Å². The third-order valence-electron chi connectivity index (χ3n) is 2.46. The van der Waals surface area contributed by atoms with Gasteiger partial charge in [-0.25, -0.2) is 5.43 Å². The highest BCUT2D eigenvalue weighted by Gasteiger charge is 1.93. The molecule has 0 atom stereocenters. The normalized spacial score (nSPS) is 9.94. The van der Waals surface area contributed by atoms with E-state index in [2.05, 4.69) is 23.0 Å². The molecule has 0 aliphatic rings. The molecule has 2 aromatic rings. The molecule has 0 fully saturated rings. The van der Waals surface area contributed by atoms with Crippen LogP contribution in [0.3, 0.4) is 0 Å². The van der Waals surface area contributed by atoms with Crippen LogP contribution in [-0.2, 0) is 6.54 Å². The molecular weight excluding hydrogens is 212 g/mol. The smallest absolute Gasteiger partial charge is 0.119 e. The summed E-state index contributed by atoms with van der Waals surface area (Å²) in [5, 5.41) is 0. The molecule has 0 bridgehead atoms. The van der Waals surface area contributed by atoms with Crippen LogP contribution in [-0.4, -0.2) is 7.11 Å². The van der Waals surface area contributed by atoms with Crippen molar-refractivity contribution in [1.29, 1.82) is 0 Å². The lowest BCUT2D eigenvalue weighted by atomic mass is 10.2. The zero-order valence-electron chi connectivity index (χ0n) is 9.81. The SMILES string of the molecule is COc1ccc(NNCc2ccccc2)cc1. The second-order valence-electron chi connectivity index (χ2n) is 3.69. The van der Waals surface area contributed by atoms with Gasteiger partial charge in [-0.05, 0) is 29.8 Å². The van der Waals surface area contributed by atoms with Crippen LogP contribution >= 0.6 is 0 Å². The van der Waals surface area contributed by atoms with Crippen molar-refractivity contribution in [2.24, 2.45) is 0 Å². The number of ether oxygens (including phenoxy) is 1. The van der Waals surface area contributed by atoms with E-state index < -0.39 is 0 Å². The molecule has 0 saturated heterocycles. The van der Waals surface area contributed by atoms with Gasteiger partial charge in [0.25, 0.3) is 0 Å². The topological polar surface area (TPSA) is 33.3 Å². The van der Waals surface area contributed by atoms with Crippen molar-refractivity contribution in [1.82, 2.24) is 5.43 Å². The molecule has 2 rings (SSSR count). The summed E-state index contributed by atoms with van der Waals surface area (Å²) in [5.41, 5.74) is 8.56. The van der Waals surface area contributed by atoms with Gasteiger partial charge < -0.3 is 10.2 Å². The van der Waals surface area contributed by atoms with E-state index in [0.29, 0.717) is 0 Å². The fraction of sp³-hybridized carbons (Fsp3) is 0.143. The number of hydrogen-bond donors (Lipinski definition) is 2. The Bertz CT molecular complexity index is 440. The highest BCUT2D eigenvalue weighted by molar-refractivity contribution is 5.45. The lowest BCUT2D eigenvalue weighted by Gasteiger charge is -2.09. The number of hydrogen-bond acceptors (Lipinski definition) is 3. The number of benzene rings is 2. The Morgan fingerprint density at radius 2 is 1.65 bits per heavy atom. The van der Waals surface area contributed by atoms with E-state index in [9.17, 15) is 0 Å². The van der Waals surface area contributed by atoms with Crippen LogP contribution < -0.4 is 15.6 Å². The van der Waals surface area contributed by atoms with Gasteiger partial charge in [0.1, 0.15) is 5.75 Å². The van der Waals surface area contributed by atoms with Gasteiger partial charge >= 0.3 is 0 Å². The van der Waals surface area contributed by atoms with Crippen molar-refractivity contribution in [3.05, 3.63) is 60.2 Å². The van der Waals surface area contributed by atoms with Crippen molar-refractivity contribution in [2.75, 3.05) is 12.5 Å². The summed E-state index contributed by atoms with van der Waals surface area (Å²) in [4.78, 5) is 0. The molecule has 0 aromatic heterocycles. The molecule has 0 amide bonds. The van der Waals surface area contributed by atoms with E-state index in [0.717, 1.165) is 18.0 Å². The molecule has 88 valence electrons. The van der Waals surface area contributed by atoms with Crippen LogP contribution in [0.2, 0.25) is 0 Å². The Morgan fingerprint density at radius 3 is 2.29 bits per heavy atom. The minimum Gasteiger partial charge on any atom is -0.497 e. The van der Waals surface area contributed by atoms with E-state index in [1.807, 2.05) is 42.5 Å². The average Bonchev–Trinajstić information content (AvgIpc) is 2.41. The summed E-state index contributed by atoms with van der Waals surface area (Å²) in [5.74, 6) is 0.860. The second kappa shape index (κ2) is 5.92. The summed E-state index contributed by atoms with van der Waals surface area (Å²) < 4.78 is 5.09. The standard InChI is InChI=1S/C14H16N2O/c1-17-14-9-7-13(8-10-14)16-15-11-12-5-3-2-4-6-12/h2-10,15-16H,11H2,1H3. The maximum Gasteiger partial charge on any atom is 0.119 e. The number of anilines is 1. The number of hydrazine groups is 1. The van der Waals surface area contributed by atoms with Crippen molar-refractivity contribution in [2.45, 2.75) is 6.54 Å². The van der Waals surface area contributed by atoms with Crippen molar-refractivity contribution in [3.8, 4) is 5.75 Å². The van der Waals surface area contributed by atoms with Crippen molar-refractivity contribution in [3.63, 3.8) is 0 Å². The molecule has 17 heavy (non-hydrogen) atoms. The van der Waals surface area contributed by atoms with E-state index in [4.69, 9.17) is 4.74 Å². The Morgan fingerprint density at radius 1 is 0.941 bits per heavy atom. The van der Waals surface area contributed by atoms with Gasteiger partial charge in [-0.1, -0.05) is 30.3 Å². The van der Waals surface area contributed by atoms with Crippen LogP contribution in [0, 0.1) is 0 Å². The number of nitrogens with one attached hydrogen (secondary N) is 2. The van der Waals surface area contributed by atoms with Crippen LogP contribution in [0.25, 0.3) is 0 Å². The molecule has 3 heteroatoms. The zero-order valence-corrected chi connectivity index (χ0v) is 9.81. The summed E-state index contributed by atoms with van der Waals surface area (Å²) >= 11 is 0. The van der Waals surface area contributed by atoms with E-state index in [-0.39, 0.29) is 0 Å². The first kappa shape index (κ1) is 11.5. The monoisotopic (exact) mass is 228 g/mol. The first-order chi connectivity index (χ1) is 8.38. The minimum atomic E-state index is 0.785.